The van der Waals surface area contributed by atoms with Crippen LogP contribution in [0.15, 0.2) is 24.3 Å². The van der Waals surface area contributed by atoms with Crippen molar-refractivity contribution in [3.05, 3.63) is 24.3 Å². The molecule has 7 nitrogen and oxygen atoms in total. The Morgan fingerprint density at radius 3 is 1.88 bits per heavy atom. The summed E-state index contributed by atoms with van der Waals surface area (Å²) in [4.78, 5) is 22.7. The number of esters is 1. The number of ether oxygens (including phenoxy) is 4. The zero-order valence-electron chi connectivity index (χ0n) is 20.6. The Kier molecular flexibility index (Phi) is 17.9. The van der Waals surface area contributed by atoms with Crippen molar-refractivity contribution in [1.29, 1.82) is 0 Å². The molecule has 0 atom stereocenters. The molecule has 0 saturated heterocycles. The minimum absolute atomic E-state index is 0.105. The normalized spacial score (nSPS) is 10.7. The summed E-state index contributed by atoms with van der Waals surface area (Å²) in [6.07, 6.45) is 11.6. The lowest BCUT2D eigenvalue weighted by Crippen LogP contribution is -2.14. The molecular weight excluding hydrogens is 422 g/mol. The number of carbonyl (C=O) groups excluding carboxylic acids is 2. The fourth-order valence-electron chi connectivity index (χ4n) is 3.24. The maximum Gasteiger partial charge on any atom is 0.305 e. The van der Waals surface area contributed by atoms with Gasteiger partial charge in [0.2, 0.25) is 5.91 Å². The smallest absolute Gasteiger partial charge is 0.305 e. The number of rotatable bonds is 21. The minimum atomic E-state index is -0.139. The number of hydrogen-bond donors (Lipinski definition) is 1. The first-order valence-corrected chi connectivity index (χ1v) is 12.4. The second-order valence-corrected chi connectivity index (χ2v) is 8.08. The van der Waals surface area contributed by atoms with Gasteiger partial charge in [0.1, 0.15) is 19.0 Å². The van der Waals surface area contributed by atoms with Gasteiger partial charge < -0.3 is 24.3 Å². The Balaban J connectivity index is 1.83. The van der Waals surface area contributed by atoms with Gasteiger partial charge in [-0.2, -0.15) is 0 Å². The van der Waals surface area contributed by atoms with Crippen LogP contribution in [-0.4, -0.2) is 51.5 Å². The molecule has 0 heterocycles. The molecule has 0 unspecified atom stereocenters. The first kappa shape index (κ1) is 28.9. The van der Waals surface area contributed by atoms with Gasteiger partial charge in [-0.05, 0) is 30.7 Å². The summed E-state index contributed by atoms with van der Waals surface area (Å²) in [6, 6.07) is 7.17. The largest absolute Gasteiger partial charge is 0.491 e. The Morgan fingerprint density at radius 2 is 1.27 bits per heavy atom. The molecular formula is C26H43NO6. The second-order valence-electron chi connectivity index (χ2n) is 8.08. The molecule has 0 aliphatic heterocycles. The lowest BCUT2D eigenvalue weighted by molar-refractivity contribution is -0.145. The van der Waals surface area contributed by atoms with Crippen molar-refractivity contribution in [3.63, 3.8) is 0 Å². The van der Waals surface area contributed by atoms with Crippen molar-refractivity contribution < 1.29 is 28.5 Å². The van der Waals surface area contributed by atoms with E-state index in [1.807, 2.05) is 0 Å². The van der Waals surface area contributed by atoms with Crippen LogP contribution in [0.2, 0.25) is 0 Å². The fourth-order valence-corrected chi connectivity index (χ4v) is 3.24. The summed E-state index contributed by atoms with van der Waals surface area (Å²) in [5.41, 5.74) is 0.734. The summed E-state index contributed by atoms with van der Waals surface area (Å²) in [5.74, 6) is 0.472. The van der Waals surface area contributed by atoms with Gasteiger partial charge in [0, 0.05) is 19.0 Å². The van der Waals surface area contributed by atoms with E-state index < -0.39 is 0 Å². The molecule has 33 heavy (non-hydrogen) atoms. The van der Waals surface area contributed by atoms with Crippen LogP contribution < -0.4 is 10.1 Å². The average Bonchev–Trinajstić information content (AvgIpc) is 2.80. The zero-order valence-corrected chi connectivity index (χ0v) is 20.6. The van der Waals surface area contributed by atoms with Crippen molar-refractivity contribution in [2.24, 2.45) is 0 Å². The molecule has 0 spiro atoms. The first-order chi connectivity index (χ1) is 16.1. The van der Waals surface area contributed by atoms with Gasteiger partial charge in [-0.25, -0.2) is 0 Å². The second kappa shape index (κ2) is 20.5. The topological polar surface area (TPSA) is 83.1 Å². The molecule has 0 aliphatic carbocycles. The summed E-state index contributed by atoms with van der Waals surface area (Å²) in [5, 5.41) is 2.70. The molecule has 7 heteroatoms. The Bertz CT molecular complexity index is 620. The van der Waals surface area contributed by atoms with Gasteiger partial charge in [0.25, 0.3) is 0 Å². The van der Waals surface area contributed by atoms with E-state index in [1.54, 1.807) is 24.3 Å². The van der Waals surface area contributed by atoms with E-state index >= 15 is 0 Å². The number of unbranched alkanes of at least 4 members (excludes halogenated alkanes) is 8. The van der Waals surface area contributed by atoms with Crippen LogP contribution >= 0.6 is 0 Å². The third-order valence-corrected chi connectivity index (χ3v) is 5.02. The van der Waals surface area contributed by atoms with E-state index in [0.29, 0.717) is 45.2 Å². The summed E-state index contributed by atoms with van der Waals surface area (Å²) in [6.45, 7) is 6.15. The van der Waals surface area contributed by atoms with Crippen LogP contribution in [0.25, 0.3) is 0 Å². The van der Waals surface area contributed by atoms with Crippen LogP contribution in [0, 0.1) is 0 Å². The zero-order chi connectivity index (χ0) is 24.0. The highest BCUT2D eigenvalue weighted by Crippen LogP contribution is 2.15. The van der Waals surface area contributed by atoms with Gasteiger partial charge in [-0.1, -0.05) is 58.3 Å². The molecule has 0 aromatic heterocycles. The molecule has 0 aliphatic rings. The minimum Gasteiger partial charge on any atom is -0.491 e. The van der Waals surface area contributed by atoms with Crippen molar-refractivity contribution in [1.82, 2.24) is 0 Å². The van der Waals surface area contributed by atoms with Gasteiger partial charge >= 0.3 is 5.97 Å². The molecule has 1 aromatic carbocycles. The summed E-state index contributed by atoms with van der Waals surface area (Å²) < 4.78 is 21.6. The van der Waals surface area contributed by atoms with Crippen LogP contribution in [0.4, 0.5) is 5.69 Å². The van der Waals surface area contributed by atoms with Crippen molar-refractivity contribution in [2.45, 2.75) is 78.1 Å². The Labute approximate surface area is 199 Å². The van der Waals surface area contributed by atoms with Gasteiger partial charge in [-0.15, -0.1) is 0 Å². The average molecular weight is 466 g/mol. The number of hydrogen-bond acceptors (Lipinski definition) is 6. The van der Waals surface area contributed by atoms with Gasteiger partial charge in [0.05, 0.1) is 26.4 Å². The van der Waals surface area contributed by atoms with Crippen LogP contribution in [0.5, 0.6) is 5.75 Å². The van der Waals surface area contributed by atoms with Crippen LogP contribution in [-0.2, 0) is 23.8 Å². The standard InChI is InChI=1S/C26H43NO6/c1-3-4-5-6-7-8-9-10-11-12-26(29)33-22-20-31-18-17-30-19-21-32-25-15-13-24(14-16-25)27-23(2)28/h13-16H,3-12,17-22H2,1-2H3,(H,27,28). The number of carbonyl (C=O) groups is 2. The summed E-state index contributed by atoms with van der Waals surface area (Å²) >= 11 is 0. The van der Waals surface area contributed by atoms with Crippen molar-refractivity contribution in [2.75, 3.05) is 45.0 Å². The highest BCUT2D eigenvalue weighted by Gasteiger charge is 2.03. The van der Waals surface area contributed by atoms with Gasteiger partial charge in [-0.3, -0.25) is 9.59 Å². The fraction of sp³-hybridized carbons (Fsp3) is 0.692. The van der Waals surface area contributed by atoms with Crippen molar-refractivity contribution >= 4 is 17.6 Å². The molecule has 188 valence electrons. The lowest BCUT2D eigenvalue weighted by atomic mass is 10.1. The SMILES string of the molecule is CCCCCCCCCCCC(=O)OCCOCCOCCOc1ccc(NC(C)=O)cc1. The Hall–Kier alpha value is -2.12. The third-order valence-electron chi connectivity index (χ3n) is 5.02. The maximum atomic E-state index is 11.7. The van der Waals surface area contributed by atoms with Crippen LogP contribution in [0.3, 0.4) is 0 Å². The maximum absolute atomic E-state index is 11.7. The predicted octanol–water partition coefficient (Wildman–Crippen LogP) is 5.52. The van der Waals surface area contributed by atoms with E-state index in [-0.39, 0.29) is 18.5 Å². The Morgan fingerprint density at radius 1 is 0.727 bits per heavy atom. The number of benzene rings is 1. The molecule has 1 amide bonds. The monoisotopic (exact) mass is 465 g/mol. The first-order valence-electron chi connectivity index (χ1n) is 12.4. The van der Waals surface area contributed by atoms with E-state index in [4.69, 9.17) is 18.9 Å². The summed E-state index contributed by atoms with van der Waals surface area (Å²) in [7, 11) is 0. The van der Waals surface area contributed by atoms with E-state index in [0.717, 1.165) is 18.5 Å². The number of nitrogens with one attached hydrogen (secondary N) is 1. The number of amides is 1. The third kappa shape index (κ3) is 18.0. The van der Waals surface area contributed by atoms with Crippen LogP contribution in [0.1, 0.15) is 78.1 Å². The van der Waals surface area contributed by atoms with E-state index in [2.05, 4.69) is 12.2 Å². The lowest BCUT2D eigenvalue weighted by Gasteiger charge is -2.09. The molecule has 0 bridgehead atoms. The molecule has 1 rings (SSSR count). The van der Waals surface area contributed by atoms with Gasteiger partial charge in [0.15, 0.2) is 0 Å². The highest BCUT2D eigenvalue weighted by molar-refractivity contribution is 5.88. The molecule has 1 N–H and O–H groups in total. The molecule has 1 aromatic rings. The van der Waals surface area contributed by atoms with E-state index in [9.17, 15) is 9.59 Å². The molecule has 0 saturated carbocycles. The molecule has 0 fully saturated rings. The van der Waals surface area contributed by atoms with E-state index in [1.165, 1.54) is 51.9 Å². The predicted molar refractivity (Wildman–Crippen MR) is 131 cm³/mol. The molecule has 0 radical (unpaired) electrons. The highest BCUT2D eigenvalue weighted by atomic mass is 16.6. The van der Waals surface area contributed by atoms with Crippen molar-refractivity contribution in [3.8, 4) is 5.75 Å². The number of anilines is 1. The quantitative estimate of drug-likeness (QED) is 0.190.